The molecule has 0 atom stereocenters. The number of hydrogen-bond acceptors (Lipinski definition) is 7. The Labute approximate surface area is 192 Å². The SMILES string of the molecule is CCOC(=O)C1=C(C)NC(C)=C(C(=O)OCC)C1c1ccc(-c2cc(Cl)ccc2OC)o1. The lowest BCUT2D eigenvalue weighted by Gasteiger charge is -2.28. The van der Waals surface area contributed by atoms with E-state index in [2.05, 4.69) is 5.32 Å². The molecule has 32 heavy (non-hydrogen) atoms. The summed E-state index contributed by atoms with van der Waals surface area (Å²) in [5, 5.41) is 3.62. The highest BCUT2D eigenvalue weighted by molar-refractivity contribution is 6.30. The maximum atomic E-state index is 12.9. The highest BCUT2D eigenvalue weighted by Crippen LogP contribution is 2.42. The van der Waals surface area contributed by atoms with E-state index in [1.54, 1.807) is 65.1 Å². The molecule has 3 rings (SSSR count). The lowest BCUT2D eigenvalue weighted by Crippen LogP contribution is -2.32. The summed E-state index contributed by atoms with van der Waals surface area (Å²) < 4.78 is 22.2. The maximum Gasteiger partial charge on any atom is 0.336 e. The predicted molar refractivity (Wildman–Crippen MR) is 120 cm³/mol. The Morgan fingerprint density at radius 1 is 1.00 bits per heavy atom. The van der Waals surface area contributed by atoms with Crippen molar-refractivity contribution in [1.29, 1.82) is 0 Å². The number of methoxy groups -OCH3 is 1. The molecule has 0 fully saturated rings. The van der Waals surface area contributed by atoms with Crippen LogP contribution in [0.1, 0.15) is 39.4 Å². The highest BCUT2D eigenvalue weighted by Gasteiger charge is 2.40. The fourth-order valence-electron chi connectivity index (χ4n) is 3.76. The number of allylic oxidation sites excluding steroid dienone is 2. The number of ether oxygens (including phenoxy) is 3. The first-order chi connectivity index (χ1) is 15.3. The number of nitrogens with one attached hydrogen (secondary N) is 1. The van der Waals surface area contributed by atoms with E-state index in [9.17, 15) is 9.59 Å². The first-order valence-corrected chi connectivity index (χ1v) is 10.7. The van der Waals surface area contributed by atoms with Crippen LogP contribution in [-0.4, -0.2) is 32.3 Å². The number of rotatable bonds is 7. The van der Waals surface area contributed by atoms with E-state index in [-0.39, 0.29) is 13.2 Å². The topological polar surface area (TPSA) is 87.0 Å². The van der Waals surface area contributed by atoms with Gasteiger partial charge >= 0.3 is 11.9 Å². The van der Waals surface area contributed by atoms with Gasteiger partial charge in [-0.15, -0.1) is 0 Å². The van der Waals surface area contributed by atoms with Crippen molar-refractivity contribution in [2.75, 3.05) is 20.3 Å². The number of carbonyl (C=O) groups is 2. The monoisotopic (exact) mass is 459 g/mol. The average molecular weight is 460 g/mol. The fraction of sp³-hybridized carbons (Fsp3) is 0.333. The second-order valence-corrected chi connectivity index (χ2v) is 7.56. The van der Waals surface area contributed by atoms with E-state index in [1.807, 2.05) is 0 Å². The molecule has 1 aromatic carbocycles. The Morgan fingerprint density at radius 2 is 1.59 bits per heavy atom. The fourth-order valence-corrected chi connectivity index (χ4v) is 3.93. The molecule has 1 aliphatic heterocycles. The summed E-state index contributed by atoms with van der Waals surface area (Å²) in [5.74, 6) is -0.401. The molecule has 0 saturated carbocycles. The van der Waals surface area contributed by atoms with Crippen molar-refractivity contribution in [3.63, 3.8) is 0 Å². The Morgan fingerprint density at radius 3 is 2.12 bits per heavy atom. The molecule has 8 heteroatoms. The number of esters is 2. The molecule has 0 amide bonds. The first kappa shape index (κ1) is 23.5. The van der Waals surface area contributed by atoms with Crippen LogP contribution in [0.5, 0.6) is 5.75 Å². The lowest BCUT2D eigenvalue weighted by molar-refractivity contribution is -0.139. The van der Waals surface area contributed by atoms with Gasteiger partial charge in [-0.05, 0) is 58.0 Å². The predicted octanol–water partition coefficient (Wildman–Crippen LogP) is 4.97. The molecule has 0 bridgehead atoms. The van der Waals surface area contributed by atoms with Crippen molar-refractivity contribution in [3.05, 3.63) is 63.7 Å². The molecule has 0 saturated heterocycles. The zero-order chi connectivity index (χ0) is 23.4. The summed E-state index contributed by atoms with van der Waals surface area (Å²) >= 11 is 6.17. The molecule has 0 aliphatic carbocycles. The van der Waals surface area contributed by atoms with Gasteiger partial charge in [0.1, 0.15) is 17.3 Å². The molecule has 2 heterocycles. The molecule has 170 valence electrons. The zero-order valence-corrected chi connectivity index (χ0v) is 19.5. The molecule has 0 unspecified atom stereocenters. The summed E-state index contributed by atoms with van der Waals surface area (Å²) in [6.07, 6.45) is 0. The largest absolute Gasteiger partial charge is 0.496 e. The number of hydrogen-bond donors (Lipinski definition) is 1. The second kappa shape index (κ2) is 9.96. The third-order valence-electron chi connectivity index (χ3n) is 5.09. The van der Waals surface area contributed by atoms with Gasteiger partial charge in [-0.25, -0.2) is 9.59 Å². The number of dihydropyridines is 1. The van der Waals surface area contributed by atoms with Gasteiger partial charge < -0.3 is 23.9 Å². The maximum absolute atomic E-state index is 12.9. The molecule has 1 N–H and O–H groups in total. The van der Waals surface area contributed by atoms with Crippen molar-refractivity contribution >= 4 is 23.5 Å². The summed E-state index contributed by atoms with van der Waals surface area (Å²) in [6.45, 7) is 7.36. The molecule has 2 aromatic rings. The summed E-state index contributed by atoms with van der Waals surface area (Å²) in [6, 6.07) is 8.67. The van der Waals surface area contributed by atoms with Crippen LogP contribution >= 0.6 is 11.6 Å². The summed E-state index contributed by atoms with van der Waals surface area (Å²) in [7, 11) is 1.55. The summed E-state index contributed by atoms with van der Waals surface area (Å²) in [4.78, 5) is 25.7. The van der Waals surface area contributed by atoms with Crippen LogP contribution in [0.3, 0.4) is 0 Å². The molecule has 0 spiro atoms. The quantitative estimate of drug-likeness (QED) is 0.585. The average Bonchev–Trinajstić information content (AvgIpc) is 3.23. The number of carbonyl (C=O) groups excluding carboxylic acids is 2. The minimum atomic E-state index is -0.798. The van der Waals surface area contributed by atoms with E-state index < -0.39 is 17.9 Å². The zero-order valence-electron chi connectivity index (χ0n) is 18.7. The molecule has 1 aliphatic rings. The minimum Gasteiger partial charge on any atom is -0.496 e. The molecular weight excluding hydrogens is 434 g/mol. The van der Waals surface area contributed by atoms with Gasteiger partial charge in [0.05, 0.1) is 43.0 Å². The van der Waals surface area contributed by atoms with Crippen molar-refractivity contribution in [2.45, 2.75) is 33.6 Å². The van der Waals surface area contributed by atoms with Crippen LogP contribution in [0.25, 0.3) is 11.3 Å². The highest BCUT2D eigenvalue weighted by atomic mass is 35.5. The second-order valence-electron chi connectivity index (χ2n) is 7.12. The Balaban J connectivity index is 2.16. The van der Waals surface area contributed by atoms with Crippen LogP contribution in [0, 0.1) is 0 Å². The smallest absolute Gasteiger partial charge is 0.336 e. The molecular formula is C24H26ClNO6. The molecule has 0 radical (unpaired) electrons. The lowest BCUT2D eigenvalue weighted by atomic mass is 9.83. The van der Waals surface area contributed by atoms with Gasteiger partial charge in [0.15, 0.2) is 0 Å². The van der Waals surface area contributed by atoms with Crippen LogP contribution in [-0.2, 0) is 19.1 Å². The van der Waals surface area contributed by atoms with E-state index in [0.29, 0.717) is 50.4 Å². The third-order valence-corrected chi connectivity index (χ3v) is 5.32. The Kier molecular flexibility index (Phi) is 7.30. The standard InChI is InChI=1S/C24H26ClNO6/c1-6-30-23(27)20-13(3)26-14(4)21(24(28)31-7-2)22(20)19-11-10-18(32-19)16-12-15(25)8-9-17(16)29-5/h8-12,22,26H,6-7H2,1-5H3. The normalized spacial score (nSPS) is 14.3. The van der Waals surface area contributed by atoms with Gasteiger partial charge in [-0.1, -0.05) is 11.6 Å². The Bertz CT molecular complexity index is 1060. The van der Waals surface area contributed by atoms with Crippen LogP contribution in [0.4, 0.5) is 0 Å². The van der Waals surface area contributed by atoms with Crippen molar-refractivity contribution in [2.24, 2.45) is 0 Å². The van der Waals surface area contributed by atoms with Gasteiger partial charge in [0.2, 0.25) is 0 Å². The number of halogens is 1. The minimum absolute atomic E-state index is 0.197. The van der Waals surface area contributed by atoms with Crippen molar-refractivity contribution in [3.8, 4) is 17.1 Å². The van der Waals surface area contributed by atoms with Gasteiger partial charge in [-0.3, -0.25) is 0 Å². The number of benzene rings is 1. The van der Waals surface area contributed by atoms with E-state index in [4.69, 9.17) is 30.2 Å². The van der Waals surface area contributed by atoms with Crippen LogP contribution < -0.4 is 10.1 Å². The van der Waals surface area contributed by atoms with E-state index in [0.717, 1.165) is 0 Å². The third kappa shape index (κ3) is 4.53. The first-order valence-electron chi connectivity index (χ1n) is 10.3. The van der Waals surface area contributed by atoms with Crippen molar-refractivity contribution < 1.29 is 28.2 Å². The van der Waals surface area contributed by atoms with Crippen LogP contribution in [0.15, 0.2) is 57.3 Å². The summed E-state index contributed by atoms with van der Waals surface area (Å²) in [5.41, 5.74) is 2.39. The van der Waals surface area contributed by atoms with E-state index in [1.165, 1.54) is 0 Å². The van der Waals surface area contributed by atoms with E-state index >= 15 is 0 Å². The Hall–Kier alpha value is -3.19. The number of furan rings is 1. The molecule has 1 aromatic heterocycles. The van der Waals surface area contributed by atoms with Gasteiger partial charge in [-0.2, -0.15) is 0 Å². The van der Waals surface area contributed by atoms with Gasteiger partial charge in [0, 0.05) is 16.4 Å². The van der Waals surface area contributed by atoms with Gasteiger partial charge in [0.25, 0.3) is 0 Å². The van der Waals surface area contributed by atoms with Crippen LogP contribution in [0.2, 0.25) is 5.02 Å². The van der Waals surface area contributed by atoms with Crippen molar-refractivity contribution in [1.82, 2.24) is 5.32 Å². The molecule has 7 nitrogen and oxygen atoms in total.